The molecular weight excluding hydrogens is 262 g/mol. The van der Waals surface area contributed by atoms with Crippen LogP contribution in [0.3, 0.4) is 0 Å². The van der Waals surface area contributed by atoms with Crippen molar-refractivity contribution in [1.82, 2.24) is 24.7 Å². The Balaban J connectivity index is 2.06. The van der Waals surface area contributed by atoms with Gasteiger partial charge in [-0.2, -0.15) is 0 Å². The summed E-state index contributed by atoms with van der Waals surface area (Å²) in [5.74, 6) is 2.04. The molecule has 1 aliphatic rings. The number of hydrogen-bond acceptors (Lipinski definition) is 5. The lowest BCUT2D eigenvalue weighted by atomic mass is 9.85. The molecule has 2 aromatic heterocycles. The van der Waals surface area contributed by atoms with Crippen LogP contribution in [0.1, 0.15) is 36.7 Å². The first kappa shape index (κ1) is 12.4. The lowest BCUT2D eigenvalue weighted by molar-refractivity contribution is 0.400. The summed E-state index contributed by atoms with van der Waals surface area (Å²) in [7, 11) is -1.19. The molecule has 1 saturated carbocycles. The minimum absolute atomic E-state index is 0.414. The molecule has 2 aromatic rings. The summed E-state index contributed by atoms with van der Waals surface area (Å²) in [6.45, 7) is 1.94. The van der Waals surface area contributed by atoms with Crippen LogP contribution in [-0.4, -0.2) is 35.2 Å². The molecule has 0 aliphatic heterocycles. The smallest absolute Gasteiger partial charge is 0.226 e. The zero-order chi connectivity index (χ0) is 13.4. The van der Waals surface area contributed by atoms with E-state index < -0.39 is 10.8 Å². The van der Waals surface area contributed by atoms with E-state index in [4.69, 9.17) is 0 Å². The van der Waals surface area contributed by atoms with Gasteiger partial charge in [-0.3, -0.25) is 8.78 Å². The molecule has 19 heavy (non-hydrogen) atoms. The predicted octanol–water partition coefficient (Wildman–Crippen LogP) is 1.37. The van der Waals surface area contributed by atoms with Crippen LogP contribution in [0.5, 0.6) is 0 Å². The summed E-state index contributed by atoms with van der Waals surface area (Å²) in [5.41, 5.74) is 0.911. The van der Waals surface area contributed by atoms with E-state index in [9.17, 15) is 4.21 Å². The third kappa shape index (κ3) is 2.30. The minimum atomic E-state index is -1.19. The fraction of sp³-hybridized carbons (Fsp3) is 0.500. The quantitative estimate of drug-likeness (QED) is 0.847. The van der Waals surface area contributed by atoms with Gasteiger partial charge in [-0.05, 0) is 19.8 Å². The van der Waals surface area contributed by atoms with Crippen LogP contribution in [0.2, 0.25) is 0 Å². The molecule has 7 heteroatoms. The van der Waals surface area contributed by atoms with Gasteiger partial charge in [-0.15, -0.1) is 10.2 Å². The van der Waals surface area contributed by atoms with Gasteiger partial charge in [0.25, 0.3) is 0 Å². The van der Waals surface area contributed by atoms with Crippen LogP contribution < -0.4 is 0 Å². The Morgan fingerprint density at radius 1 is 1.37 bits per heavy atom. The molecule has 0 radical (unpaired) electrons. The molecule has 0 saturated heterocycles. The molecule has 1 fully saturated rings. The molecule has 3 rings (SSSR count). The van der Waals surface area contributed by atoms with Gasteiger partial charge in [-0.1, -0.05) is 6.42 Å². The maximum absolute atomic E-state index is 11.6. The van der Waals surface area contributed by atoms with Crippen molar-refractivity contribution in [2.45, 2.75) is 37.3 Å². The van der Waals surface area contributed by atoms with Crippen molar-refractivity contribution in [3.63, 3.8) is 0 Å². The van der Waals surface area contributed by atoms with Crippen LogP contribution in [0, 0.1) is 6.92 Å². The van der Waals surface area contributed by atoms with Crippen LogP contribution >= 0.6 is 0 Å². The molecule has 1 aliphatic carbocycles. The van der Waals surface area contributed by atoms with Crippen LogP contribution in [0.15, 0.2) is 17.6 Å². The lowest BCUT2D eigenvalue weighted by Gasteiger charge is -2.24. The van der Waals surface area contributed by atoms with Crippen molar-refractivity contribution in [2.75, 3.05) is 6.26 Å². The molecule has 0 aromatic carbocycles. The van der Waals surface area contributed by atoms with E-state index in [1.807, 2.05) is 13.0 Å². The molecule has 100 valence electrons. The fourth-order valence-electron chi connectivity index (χ4n) is 2.12. The van der Waals surface area contributed by atoms with E-state index in [2.05, 4.69) is 20.2 Å². The van der Waals surface area contributed by atoms with Crippen LogP contribution in [0.25, 0.3) is 5.82 Å². The van der Waals surface area contributed by atoms with Gasteiger partial charge in [0.15, 0.2) is 0 Å². The van der Waals surface area contributed by atoms with Crippen molar-refractivity contribution in [3.8, 4) is 5.82 Å². The second-order valence-corrected chi connectivity index (χ2v) is 6.06. The zero-order valence-corrected chi connectivity index (χ0v) is 11.7. The molecule has 1 unspecified atom stereocenters. The molecule has 0 amide bonds. The highest BCUT2D eigenvalue weighted by molar-refractivity contribution is 7.84. The first-order valence-corrected chi connectivity index (χ1v) is 7.80. The Kier molecular flexibility index (Phi) is 3.14. The van der Waals surface area contributed by atoms with Gasteiger partial charge in [0, 0.05) is 23.9 Å². The van der Waals surface area contributed by atoms with E-state index >= 15 is 0 Å². The van der Waals surface area contributed by atoms with E-state index in [-0.39, 0.29) is 0 Å². The number of aromatic nitrogens is 5. The van der Waals surface area contributed by atoms with Crippen molar-refractivity contribution in [1.29, 1.82) is 0 Å². The topological polar surface area (TPSA) is 73.6 Å². The van der Waals surface area contributed by atoms with Gasteiger partial charge in [-0.25, -0.2) is 9.97 Å². The van der Waals surface area contributed by atoms with E-state index in [0.717, 1.165) is 24.4 Å². The zero-order valence-electron chi connectivity index (χ0n) is 10.9. The average molecular weight is 277 g/mol. The van der Waals surface area contributed by atoms with Gasteiger partial charge >= 0.3 is 0 Å². The van der Waals surface area contributed by atoms with Crippen molar-refractivity contribution in [3.05, 3.63) is 23.9 Å². The third-order valence-corrected chi connectivity index (χ3v) is 4.14. The Morgan fingerprint density at radius 3 is 2.79 bits per heavy atom. The van der Waals surface area contributed by atoms with Crippen LogP contribution in [0.4, 0.5) is 0 Å². The Hall–Kier alpha value is -1.63. The number of rotatable bonds is 3. The second kappa shape index (κ2) is 4.80. The summed E-state index contributed by atoms with van der Waals surface area (Å²) in [6.07, 6.45) is 6.67. The van der Waals surface area contributed by atoms with E-state index in [1.54, 1.807) is 17.2 Å². The van der Waals surface area contributed by atoms with Crippen molar-refractivity contribution in [2.24, 2.45) is 0 Å². The minimum Gasteiger partial charge on any atom is -0.258 e. The molecule has 0 spiro atoms. The molecule has 0 bridgehead atoms. The van der Waals surface area contributed by atoms with Crippen molar-refractivity contribution < 1.29 is 4.21 Å². The monoisotopic (exact) mass is 277 g/mol. The summed E-state index contributed by atoms with van der Waals surface area (Å²) in [4.78, 5) is 9.08. The Labute approximate surface area is 113 Å². The number of nitrogens with zero attached hydrogens (tertiary/aromatic N) is 5. The first-order valence-electron chi connectivity index (χ1n) is 6.24. The number of hydrogen-bond donors (Lipinski definition) is 0. The third-order valence-electron chi connectivity index (χ3n) is 3.35. The number of aryl methyl sites for hydroxylation is 1. The molecule has 0 N–H and O–H groups in total. The predicted molar refractivity (Wildman–Crippen MR) is 70.6 cm³/mol. The molecule has 2 heterocycles. The molecule has 6 nitrogen and oxygen atoms in total. The summed E-state index contributed by atoms with van der Waals surface area (Å²) in [6, 6.07) is 1.86. The maximum atomic E-state index is 11.6. The summed E-state index contributed by atoms with van der Waals surface area (Å²) < 4.78 is 13.3. The highest BCUT2D eigenvalue weighted by Gasteiger charge is 2.23. The van der Waals surface area contributed by atoms with Gasteiger partial charge in [0.05, 0.1) is 10.8 Å². The van der Waals surface area contributed by atoms with Crippen LogP contribution in [-0.2, 0) is 10.8 Å². The average Bonchev–Trinajstić information content (AvgIpc) is 2.74. The SMILES string of the molecule is Cc1cc(-n2cnnc2S(C)=O)nc(C2CCC2)n1. The Bertz CT molecular complexity index is 635. The Morgan fingerprint density at radius 2 is 2.16 bits per heavy atom. The highest BCUT2D eigenvalue weighted by Crippen LogP contribution is 2.34. The first-order chi connectivity index (χ1) is 9.15. The van der Waals surface area contributed by atoms with E-state index in [0.29, 0.717) is 16.9 Å². The molecule has 1 atom stereocenters. The summed E-state index contributed by atoms with van der Waals surface area (Å²) in [5, 5.41) is 8.11. The highest BCUT2D eigenvalue weighted by atomic mass is 32.2. The van der Waals surface area contributed by atoms with Crippen molar-refractivity contribution >= 4 is 10.8 Å². The molecular formula is C12H15N5OS. The summed E-state index contributed by atoms with van der Waals surface area (Å²) >= 11 is 0. The maximum Gasteiger partial charge on any atom is 0.226 e. The van der Waals surface area contributed by atoms with Gasteiger partial charge in [0.1, 0.15) is 18.0 Å². The van der Waals surface area contributed by atoms with Gasteiger partial charge < -0.3 is 0 Å². The second-order valence-electron chi connectivity index (χ2n) is 4.79. The standard InChI is InChI=1S/C12H15N5OS/c1-8-6-10(15-11(14-8)9-4-3-5-9)17-7-13-16-12(17)19(2)18/h6-7,9H,3-5H2,1-2H3. The van der Waals surface area contributed by atoms with E-state index in [1.165, 1.54) is 6.42 Å². The lowest BCUT2D eigenvalue weighted by Crippen LogP contribution is -2.15. The van der Waals surface area contributed by atoms with Gasteiger partial charge in [0.2, 0.25) is 5.16 Å². The fourth-order valence-corrected chi connectivity index (χ4v) is 2.70. The normalized spacial score (nSPS) is 17.2. The largest absolute Gasteiger partial charge is 0.258 e.